The van der Waals surface area contributed by atoms with Crippen LogP contribution in [-0.2, 0) is 0 Å². The molecule has 0 aliphatic rings. The Labute approximate surface area is 103 Å². The van der Waals surface area contributed by atoms with Crippen LogP contribution in [0.5, 0.6) is 0 Å². The zero-order chi connectivity index (χ0) is 12.8. The molecule has 0 spiro atoms. The molecule has 3 N–H and O–H groups in total. The van der Waals surface area contributed by atoms with Gasteiger partial charge in [-0.05, 0) is 36.5 Å². The van der Waals surface area contributed by atoms with Crippen LogP contribution in [0, 0.1) is 18.7 Å². The first kappa shape index (κ1) is 14.1. The topological polar surface area (TPSA) is 38.0 Å². The van der Waals surface area contributed by atoms with Crippen LogP contribution in [0.4, 0.5) is 4.39 Å². The van der Waals surface area contributed by atoms with E-state index < -0.39 is 0 Å². The molecule has 96 valence electrons. The molecule has 0 radical (unpaired) electrons. The van der Waals surface area contributed by atoms with E-state index in [2.05, 4.69) is 19.3 Å². The van der Waals surface area contributed by atoms with Gasteiger partial charge in [0.25, 0.3) is 0 Å². The van der Waals surface area contributed by atoms with E-state index in [-0.39, 0.29) is 11.9 Å². The van der Waals surface area contributed by atoms with E-state index >= 15 is 0 Å². The lowest BCUT2D eigenvalue weighted by Crippen LogP contribution is -2.28. The molecule has 0 aliphatic carbocycles. The number of hydrogen-bond acceptors (Lipinski definition) is 2. The average molecular weight is 238 g/mol. The molecular weight excluding hydrogens is 215 g/mol. The molecule has 0 fully saturated rings. The van der Waals surface area contributed by atoms with Gasteiger partial charge in [-0.25, -0.2) is 4.39 Å². The summed E-state index contributed by atoms with van der Waals surface area (Å²) in [6.45, 7) is 6.18. The number of benzene rings is 1. The summed E-state index contributed by atoms with van der Waals surface area (Å²) >= 11 is 0. The van der Waals surface area contributed by atoms with Gasteiger partial charge in [0.05, 0.1) is 0 Å². The molecule has 0 saturated heterocycles. The molecule has 17 heavy (non-hydrogen) atoms. The van der Waals surface area contributed by atoms with Gasteiger partial charge in [0.2, 0.25) is 0 Å². The van der Waals surface area contributed by atoms with E-state index in [1.54, 1.807) is 19.1 Å². The third-order valence-electron chi connectivity index (χ3n) is 3.07. The Morgan fingerprint density at radius 2 is 2.00 bits per heavy atom. The molecular formula is C14H23FN2. The summed E-state index contributed by atoms with van der Waals surface area (Å²) in [7, 11) is 0. The first-order valence-corrected chi connectivity index (χ1v) is 6.26. The summed E-state index contributed by atoms with van der Waals surface area (Å²) in [6.07, 6.45) is 3.21. The molecule has 0 saturated carbocycles. The van der Waals surface area contributed by atoms with Gasteiger partial charge in [-0.15, -0.1) is 0 Å². The van der Waals surface area contributed by atoms with Crippen molar-refractivity contribution < 1.29 is 4.39 Å². The lowest BCUT2D eigenvalue weighted by molar-refractivity contribution is 0.453. The highest BCUT2D eigenvalue weighted by Crippen LogP contribution is 2.22. The molecule has 0 aromatic heterocycles. The van der Waals surface area contributed by atoms with E-state index in [4.69, 9.17) is 5.84 Å². The Balaban J connectivity index is 2.62. The van der Waals surface area contributed by atoms with Crippen molar-refractivity contribution in [1.82, 2.24) is 5.43 Å². The Hall–Kier alpha value is -0.930. The van der Waals surface area contributed by atoms with Crippen molar-refractivity contribution in [3.05, 3.63) is 35.1 Å². The number of halogens is 1. The maximum absolute atomic E-state index is 13.5. The molecule has 1 unspecified atom stereocenters. The van der Waals surface area contributed by atoms with Crippen LogP contribution in [0.1, 0.15) is 50.3 Å². The second-order valence-corrected chi connectivity index (χ2v) is 5.05. The SMILES string of the molecule is Cc1ccc(C(CCCC(C)C)NN)cc1F. The van der Waals surface area contributed by atoms with E-state index in [1.807, 2.05) is 6.07 Å². The average Bonchev–Trinajstić information content (AvgIpc) is 2.28. The molecule has 1 atom stereocenters. The fourth-order valence-corrected chi connectivity index (χ4v) is 1.90. The van der Waals surface area contributed by atoms with E-state index in [0.717, 1.165) is 18.4 Å². The summed E-state index contributed by atoms with van der Waals surface area (Å²) < 4.78 is 13.5. The normalized spacial score (nSPS) is 13.1. The number of nitrogens with two attached hydrogens (primary N) is 1. The summed E-state index contributed by atoms with van der Waals surface area (Å²) in [5.74, 6) is 6.07. The summed E-state index contributed by atoms with van der Waals surface area (Å²) in [6, 6.07) is 5.37. The maximum atomic E-state index is 13.5. The highest BCUT2D eigenvalue weighted by atomic mass is 19.1. The molecule has 0 aliphatic heterocycles. The zero-order valence-electron chi connectivity index (χ0n) is 11.0. The van der Waals surface area contributed by atoms with E-state index in [1.165, 1.54) is 6.42 Å². The number of rotatable bonds is 6. The first-order valence-electron chi connectivity index (χ1n) is 6.26. The van der Waals surface area contributed by atoms with Gasteiger partial charge in [0, 0.05) is 6.04 Å². The minimum absolute atomic E-state index is 0.0452. The Morgan fingerprint density at radius 3 is 2.53 bits per heavy atom. The highest BCUT2D eigenvalue weighted by Gasteiger charge is 2.11. The van der Waals surface area contributed by atoms with Crippen LogP contribution in [-0.4, -0.2) is 0 Å². The van der Waals surface area contributed by atoms with Gasteiger partial charge in [0.1, 0.15) is 5.82 Å². The summed E-state index contributed by atoms with van der Waals surface area (Å²) in [4.78, 5) is 0. The van der Waals surface area contributed by atoms with Gasteiger partial charge in [0.15, 0.2) is 0 Å². The van der Waals surface area contributed by atoms with E-state index in [9.17, 15) is 4.39 Å². The number of aryl methyl sites for hydroxylation is 1. The zero-order valence-corrected chi connectivity index (χ0v) is 11.0. The van der Waals surface area contributed by atoms with E-state index in [0.29, 0.717) is 11.5 Å². The van der Waals surface area contributed by atoms with Gasteiger partial charge in [-0.1, -0.05) is 38.8 Å². The second kappa shape index (κ2) is 6.72. The largest absolute Gasteiger partial charge is 0.271 e. The first-order chi connectivity index (χ1) is 8.04. The third kappa shape index (κ3) is 4.44. The minimum Gasteiger partial charge on any atom is -0.271 e. The van der Waals surface area contributed by atoms with Crippen LogP contribution in [0.3, 0.4) is 0 Å². The van der Waals surface area contributed by atoms with Crippen molar-refractivity contribution >= 4 is 0 Å². The lowest BCUT2D eigenvalue weighted by Gasteiger charge is -2.17. The fourth-order valence-electron chi connectivity index (χ4n) is 1.90. The second-order valence-electron chi connectivity index (χ2n) is 5.05. The third-order valence-corrected chi connectivity index (χ3v) is 3.07. The Kier molecular flexibility index (Phi) is 5.59. The quantitative estimate of drug-likeness (QED) is 0.588. The maximum Gasteiger partial charge on any atom is 0.126 e. The molecule has 3 heteroatoms. The monoisotopic (exact) mass is 238 g/mol. The van der Waals surface area contributed by atoms with Crippen molar-refractivity contribution in [3.63, 3.8) is 0 Å². The fraction of sp³-hybridized carbons (Fsp3) is 0.571. The van der Waals surface area contributed by atoms with Gasteiger partial charge >= 0.3 is 0 Å². The molecule has 1 aromatic carbocycles. The van der Waals surface area contributed by atoms with Crippen molar-refractivity contribution in [2.24, 2.45) is 11.8 Å². The van der Waals surface area contributed by atoms with Gasteiger partial charge < -0.3 is 0 Å². The predicted molar refractivity (Wildman–Crippen MR) is 69.9 cm³/mol. The molecule has 0 heterocycles. The van der Waals surface area contributed by atoms with Crippen LogP contribution in [0.25, 0.3) is 0 Å². The Morgan fingerprint density at radius 1 is 1.29 bits per heavy atom. The van der Waals surface area contributed by atoms with Crippen molar-refractivity contribution in [2.75, 3.05) is 0 Å². The van der Waals surface area contributed by atoms with Crippen LogP contribution >= 0.6 is 0 Å². The number of hydrazine groups is 1. The standard InChI is InChI=1S/C14H23FN2/c1-10(2)5-4-6-14(17-16)12-8-7-11(3)13(15)9-12/h7-10,14,17H,4-6,16H2,1-3H3. The van der Waals surface area contributed by atoms with Gasteiger partial charge in [-0.2, -0.15) is 0 Å². The van der Waals surface area contributed by atoms with Crippen molar-refractivity contribution in [2.45, 2.75) is 46.1 Å². The van der Waals surface area contributed by atoms with Crippen molar-refractivity contribution in [1.29, 1.82) is 0 Å². The van der Waals surface area contributed by atoms with Crippen molar-refractivity contribution in [3.8, 4) is 0 Å². The molecule has 1 aromatic rings. The number of hydrogen-bond donors (Lipinski definition) is 2. The molecule has 0 amide bonds. The predicted octanol–water partition coefficient (Wildman–Crippen LogP) is 3.46. The Bertz CT molecular complexity index is 350. The van der Waals surface area contributed by atoms with Crippen LogP contribution in [0.15, 0.2) is 18.2 Å². The summed E-state index contributed by atoms with van der Waals surface area (Å²) in [5.41, 5.74) is 4.37. The molecule has 1 rings (SSSR count). The smallest absolute Gasteiger partial charge is 0.126 e. The van der Waals surface area contributed by atoms with Crippen LogP contribution in [0.2, 0.25) is 0 Å². The highest BCUT2D eigenvalue weighted by molar-refractivity contribution is 5.25. The molecule has 2 nitrogen and oxygen atoms in total. The molecule has 0 bridgehead atoms. The summed E-state index contributed by atoms with van der Waals surface area (Å²) in [5, 5.41) is 0. The minimum atomic E-state index is -0.161. The van der Waals surface area contributed by atoms with Gasteiger partial charge in [-0.3, -0.25) is 11.3 Å². The van der Waals surface area contributed by atoms with Crippen LogP contribution < -0.4 is 11.3 Å². The number of nitrogens with one attached hydrogen (secondary N) is 1. The lowest BCUT2D eigenvalue weighted by atomic mass is 9.97.